The van der Waals surface area contributed by atoms with Gasteiger partial charge in [-0.2, -0.15) is 0 Å². The van der Waals surface area contributed by atoms with Gasteiger partial charge in [-0.25, -0.2) is 4.79 Å². The molecule has 1 saturated heterocycles. The zero-order valence-electron chi connectivity index (χ0n) is 13.0. The van der Waals surface area contributed by atoms with Gasteiger partial charge in [-0.05, 0) is 38.0 Å². The van der Waals surface area contributed by atoms with Crippen LogP contribution in [0.3, 0.4) is 0 Å². The molecule has 1 heterocycles. The second-order valence-electron chi connectivity index (χ2n) is 5.41. The summed E-state index contributed by atoms with van der Waals surface area (Å²) in [5.41, 5.74) is 1.83. The summed E-state index contributed by atoms with van der Waals surface area (Å²) in [4.78, 5) is 14.1. The highest BCUT2D eigenvalue weighted by atomic mass is 16.5. The van der Waals surface area contributed by atoms with E-state index in [2.05, 4.69) is 12.2 Å². The lowest BCUT2D eigenvalue weighted by molar-refractivity contribution is -0.00139. The standard InChI is InChI=1S/C16H24N2O3/c1-4-8-21-15-10-12(2)5-6-14(15)17-16(19)18-7-9-20-13(3)11-18/h5-6,10,13H,4,7-9,11H2,1-3H3,(H,17,19)/t13-/m0/s1. The van der Waals surface area contributed by atoms with E-state index in [-0.39, 0.29) is 12.1 Å². The van der Waals surface area contributed by atoms with Gasteiger partial charge in [-0.15, -0.1) is 0 Å². The number of anilines is 1. The van der Waals surface area contributed by atoms with Gasteiger partial charge >= 0.3 is 6.03 Å². The predicted octanol–water partition coefficient (Wildman–Crippen LogP) is 3.04. The molecular weight excluding hydrogens is 268 g/mol. The van der Waals surface area contributed by atoms with Crippen molar-refractivity contribution in [3.8, 4) is 5.75 Å². The van der Waals surface area contributed by atoms with Crippen LogP contribution in [0.2, 0.25) is 0 Å². The number of urea groups is 1. The van der Waals surface area contributed by atoms with Crippen LogP contribution in [-0.2, 0) is 4.74 Å². The zero-order valence-corrected chi connectivity index (χ0v) is 13.0. The summed E-state index contributed by atoms with van der Waals surface area (Å²) in [6.45, 7) is 8.50. The Morgan fingerprint density at radius 3 is 3.05 bits per heavy atom. The molecular formula is C16H24N2O3. The lowest BCUT2D eigenvalue weighted by Gasteiger charge is -2.31. The minimum atomic E-state index is -0.102. The lowest BCUT2D eigenvalue weighted by atomic mass is 10.2. The van der Waals surface area contributed by atoms with Crippen LogP contribution in [0.5, 0.6) is 5.75 Å². The first-order valence-electron chi connectivity index (χ1n) is 7.51. The normalized spacial score (nSPS) is 18.4. The van der Waals surface area contributed by atoms with Crippen molar-refractivity contribution in [2.45, 2.75) is 33.3 Å². The molecule has 0 saturated carbocycles. The van der Waals surface area contributed by atoms with Crippen molar-refractivity contribution in [2.24, 2.45) is 0 Å². The smallest absolute Gasteiger partial charge is 0.322 e. The number of amides is 2. The molecule has 1 fully saturated rings. The highest BCUT2D eigenvalue weighted by Crippen LogP contribution is 2.26. The summed E-state index contributed by atoms with van der Waals surface area (Å²) in [7, 11) is 0. The number of carbonyl (C=O) groups is 1. The average Bonchev–Trinajstić information content (AvgIpc) is 2.47. The highest BCUT2D eigenvalue weighted by molar-refractivity contribution is 5.91. The number of ether oxygens (including phenoxy) is 2. The first kappa shape index (κ1) is 15.6. The molecule has 21 heavy (non-hydrogen) atoms. The van der Waals surface area contributed by atoms with Crippen LogP contribution < -0.4 is 10.1 Å². The van der Waals surface area contributed by atoms with E-state index in [9.17, 15) is 4.79 Å². The summed E-state index contributed by atoms with van der Waals surface area (Å²) >= 11 is 0. The molecule has 0 spiro atoms. The largest absolute Gasteiger partial charge is 0.491 e. The first-order chi connectivity index (χ1) is 10.1. The Morgan fingerprint density at radius 1 is 1.52 bits per heavy atom. The summed E-state index contributed by atoms with van der Waals surface area (Å²) in [5.74, 6) is 0.728. The Morgan fingerprint density at radius 2 is 2.33 bits per heavy atom. The molecule has 0 aliphatic carbocycles. The number of nitrogens with one attached hydrogen (secondary N) is 1. The Bertz CT molecular complexity index is 490. The summed E-state index contributed by atoms with van der Waals surface area (Å²) in [5, 5.41) is 2.94. The van der Waals surface area contributed by atoms with Crippen molar-refractivity contribution >= 4 is 11.7 Å². The minimum absolute atomic E-state index is 0.0818. The van der Waals surface area contributed by atoms with Crippen molar-refractivity contribution in [2.75, 3.05) is 31.6 Å². The van der Waals surface area contributed by atoms with Gasteiger partial charge < -0.3 is 19.7 Å². The fourth-order valence-electron chi connectivity index (χ4n) is 2.26. The van der Waals surface area contributed by atoms with Crippen LogP contribution in [0.4, 0.5) is 10.5 Å². The molecule has 1 aromatic rings. The number of carbonyl (C=O) groups excluding carboxylic acids is 1. The lowest BCUT2D eigenvalue weighted by Crippen LogP contribution is -2.46. The molecule has 0 bridgehead atoms. The number of nitrogens with zero attached hydrogens (tertiary/aromatic N) is 1. The van der Waals surface area contributed by atoms with Gasteiger partial charge in [0.25, 0.3) is 0 Å². The third-order valence-corrected chi connectivity index (χ3v) is 3.37. The molecule has 0 aromatic heterocycles. The second kappa shape index (κ2) is 7.31. The van der Waals surface area contributed by atoms with Crippen molar-refractivity contribution in [3.63, 3.8) is 0 Å². The van der Waals surface area contributed by atoms with Crippen LogP contribution >= 0.6 is 0 Å². The summed E-state index contributed by atoms with van der Waals surface area (Å²) in [6.07, 6.45) is 1.01. The molecule has 116 valence electrons. The maximum Gasteiger partial charge on any atom is 0.322 e. The molecule has 5 heteroatoms. The molecule has 1 N–H and O–H groups in total. The van der Waals surface area contributed by atoms with Crippen LogP contribution in [0.1, 0.15) is 25.8 Å². The van der Waals surface area contributed by atoms with Gasteiger partial charge in [0.15, 0.2) is 0 Å². The average molecular weight is 292 g/mol. The van der Waals surface area contributed by atoms with Crippen molar-refractivity contribution in [1.29, 1.82) is 0 Å². The molecule has 1 aliphatic rings. The molecule has 5 nitrogen and oxygen atoms in total. The molecule has 2 amide bonds. The van der Waals surface area contributed by atoms with E-state index in [1.54, 1.807) is 4.90 Å². The number of hydrogen-bond acceptors (Lipinski definition) is 3. The maximum absolute atomic E-state index is 12.3. The van der Waals surface area contributed by atoms with E-state index < -0.39 is 0 Å². The Kier molecular flexibility index (Phi) is 5.44. The Balaban J connectivity index is 2.05. The SMILES string of the molecule is CCCOc1cc(C)ccc1NC(=O)N1CCO[C@@H](C)C1. The molecule has 0 radical (unpaired) electrons. The first-order valence-corrected chi connectivity index (χ1v) is 7.51. The van der Waals surface area contributed by atoms with Crippen molar-refractivity contribution < 1.29 is 14.3 Å². The minimum Gasteiger partial charge on any atom is -0.491 e. The van der Waals surface area contributed by atoms with Crippen LogP contribution in [0.15, 0.2) is 18.2 Å². The summed E-state index contributed by atoms with van der Waals surface area (Å²) < 4.78 is 11.2. The third kappa shape index (κ3) is 4.36. The number of aryl methyl sites for hydroxylation is 1. The van der Waals surface area contributed by atoms with E-state index >= 15 is 0 Å². The van der Waals surface area contributed by atoms with E-state index in [4.69, 9.17) is 9.47 Å². The van der Waals surface area contributed by atoms with Crippen molar-refractivity contribution in [1.82, 2.24) is 4.90 Å². The zero-order chi connectivity index (χ0) is 15.2. The van der Waals surface area contributed by atoms with Gasteiger partial charge in [-0.1, -0.05) is 13.0 Å². The quantitative estimate of drug-likeness (QED) is 0.928. The van der Waals surface area contributed by atoms with Gasteiger partial charge in [0.1, 0.15) is 5.75 Å². The fraction of sp³-hybridized carbons (Fsp3) is 0.562. The second-order valence-corrected chi connectivity index (χ2v) is 5.41. The molecule has 0 unspecified atom stereocenters. The molecule has 1 aliphatic heterocycles. The van der Waals surface area contributed by atoms with Crippen LogP contribution in [-0.4, -0.2) is 43.3 Å². The molecule has 2 rings (SSSR count). The Labute approximate surface area is 126 Å². The van der Waals surface area contributed by atoms with Gasteiger partial charge in [0.2, 0.25) is 0 Å². The summed E-state index contributed by atoms with van der Waals surface area (Å²) in [6, 6.07) is 5.71. The monoisotopic (exact) mass is 292 g/mol. The fourth-order valence-corrected chi connectivity index (χ4v) is 2.26. The topological polar surface area (TPSA) is 50.8 Å². The van der Waals surface area contributed by atoms with Gasteiger partial charge in [-0.3, -0.25) is 0 Å². The van der Waals surface area contributed by atoms with Gasteiger partial charge in [0, 0.05) is 13.1 Å². The maximum atomic E-state index is 12.3. The van der Waals surface area contributed by atoms with Crippen molar-refractivity contribution in [3.05, 3.63) is 23.8 Å². The van der Waals surface area contributed by atoms with E-state index in [0.29, 0.717) is 26.3 Å². The van der Waals surface area contributed by atoms with Crippen LogP contribution in [0, 0.1) is 6.92 Å². The molecule has 1 aromatic carbocycles. The highest BCUT2D eigenvalue weighted by Gasteiger charge is 2.22. The third-order valence-electron chi connectivity index (χ3n) is 3.37. The van der Waals surface area contributed by atoms with E-state index in [1.165, 1.54) is 0 Å². The van der Waals surface area contributed by atoms with Crippen LogP contribution in [0.25, 0.3) is 0 Å². The molecule has 1 atom stereocenters. The number of morpholine rings is 1. The van der Waals surface area contributed by atoms with E-state index in [0.717, 1.165) is 23.4 Å². The number of hydrogen-bond donors (Lipinski definition) is 1. The predicted molar refractivity (Wildman–Crippen MR) is 83.0 cm³/mol. The number of benzene rings is 1. The number of rotatable bonds is 4. The van der Waals surface area contributed by atoms with Gasteiger partial charge in [0.05, 0.1) is 25.0 Å². The Hall–Kier alpha value is -1.75. The van der Waals surface area contributed by atoms with E-state index in [1.807, 2.05) is 32.0 Å².